The van der Waals surface area contributed by atoms with Gasteiger partial charge in [-0.1, -0.05) is 24.3 Å². The minimum Gasteiger partial charge on any atom is -0.309 e. The zero-order valence-corrected chi connectivity index (χ0v) is 14.6. The van der Waals surface area contributed by atoms with Gasteiger partial charge in [-0.2, -0.15) is 30.7 Å². The molecule has 0 bridgehead atoms. The van der Waals surface area contributed by atoms with Crippen molar-refractivity contribution in [1.82, 2.24) is 0 Å². The van der Waals surface area contributed by atoms with Gasteiger partial charge in [0.1, 0.15) is 0 Å². The van der Waals surface area contributed by atoms with E-state index in [1.807, 2.05) is 0 Å². The van der Waals surface area contributed by atoms with E-state index in [0.29, 0.717) is 12.1 Å². The molecule has 1 rings (SSSR count). The Balaban J connectivity index is 3.13. The molecular weight excluding hydrogens is 392 g/mol. The third-order valence-electron chi connectivity index (χ3n) is 3.18. The minimum absolute atomic E-state index is 0.0556. The summed E-state index contributed by atoms with van der Waals surface area (Å²) in [6, 6.07) is 2.87. The largest absolute Gasteiger partial charge is 0.370 e. The molecule has 0 amide bonds. The van der Waals surface area contributed by atoms with Gasteiger partial charge in [0.05, 0.1) is 19.4 Å². The Morgan fingerprint density at radius 1 is 0.962 bits per heavy atom. The van der Waals surface area contributed by atoms with Gasteiger partial charge in [-0.05, 0) is 19.4 Å². The summed E-state index contributed by atoms with van der Waals surface area (Å²) in [5, 5.41) is 0. The first kappa shape index (κ1) is 22.7. The van der Waals surface area contributed by atoms with Crippen molar-refractivity contribution in [1.29, 1.82) is 0 Å². The van der Waals surface area contributed by atoms with Crippen molar-refractivity contribution in [2.45, 2.75) is 31.9 Å². The maximum absolute atomic E-state index is 13.8. The second-order valence-electron chi connectivity index (χ2n) is 5.02. The topological polar surface area (TPSA) is 35.5 Å². The van der Waals surface area contributed by atoms with Crippen LogP contribution >= 0.6 is 7.60 Å². The number of halogens is 7. The van der Waals surface area contributed by atoms with Gasteiger partial charge in [0.15, 0.2) is 0 Å². The fourth-order valence-corrected chi connectivity index (χ4v) is 3.70. The molecule has 0 fully saturated rings. The Kier molecular flexibility index (Phi) is 7.44. The third kappa shape index (κ3) is 4.86. The van der Waals surface area contributed by atoms with Crippen molar-refractivity contribution in [3.8, 4) is 0 Å². The third-order valence-corrected chi connectivity index (χ3v) is 5.24. The van der Waals surface area contributed by atoms with E-state index in [4.69, 9.17) is 9.05 Å². The highest BCUT2D eigenvalue weighted by Gasteiger charge is 2.62. The molecule has 3 nitrogen and oxygen atoms in total. The molecule has 0 spiro atoms. The molecule has 11 heteroatoms. The lowest BCUT2D eigenvalue weighted by molar-refractivity contribution is -0.204. The molecule has 0 aliphatic rings. The maximum atomic E-state index is 13.8. The van der Waals surface area contributed by atoms with Gasteiger partial charge in [0, 0.05) is 5.56 Å². The van der Waals surface area contributed by atoms with Gasteiger partial charge in [0.25, 0.3) is 0 Å². The van der Waals surface area contributed by atoms with Crippen molar-refractivity contribution in [2.24, 2.45) is 0 Å². The van der Waals surface area contributed by atoms with Crippen LogP contribution < -0.4 is 0 Å². The van der Waals surface area contributed by atoms with Crippen LogP contribution in [0.25, 0.3) is 0 Å². The molecule has 0 radical (unpaired) electrons. The molecule has 0 saturated carbocycles. The fourth-order valence-electron chi connectivity index (χ4n) is 2.00. The highest BCUT2D eigenvalue weighted by Crippen LogP contribution is 2.52. The zero-order chi connectivity index (χ0) is 20.2. The van der Waals surface area contributed by atoms with E-state index in [1.54, 1.807) is 13.8 Å². The van der Waals surface area contributed by atoms with Gasteiger partial charge in [-0.25, -0.2) is 0 Å². The molecule has 0 N–H and O–H groups in total. The standard InChI is InChI=1S/C15H16F7O3P/c1-3-24-26(23,25-4-2)9-10-5-7-11(8-6-10)14(19,20)15(21,22)12(16)13(17)18/h5-8H,3-4,9H2,1-2H3. The molecule has 1 aromatic carbocycles. The van der Waals surface area contributed by atoms with E-state index in [0.717, 1.165) is 12.1 Å². The molecule has 0 heterocycles. The lowest BCUT2D eigenvalue weighted by Gasteiger charge is -2.25. The summed E-state index contributed by atoms with van der Waals surface area (Å²) in [6.07, 6.45) is -3.84. The average molecular weight is 408 g/mol. The Labute approximate surface area is 145 Å². The van der Waals surface area contributed by atoms with E-state index in [2.05, 4.69) is 0 Å². The first-order valence-corrected chi connectivity index (χ1v) is 9.08. The van der Waals surface area contributed by atoms with Crippen molar-refractivity contribution < 1.29 is 44.3 Å². The predicted octanol–water partition coefficient (Wildman–Crippen LogP) is 6.26. The molecule has 0 saturated heterocycles. The summed E-state index contributed by atoms with van der Waals surface area (Å²) in [7, 11) is -3.56. The molecule has 148 valence electrons. The van der Waals surface area contributed by atoms with Crippen LogP contribution in [0.3, 0.4) is 0 Å². The number of allylic oxidation sites excluding steroid dienone is 1. The molecule has 26 heavy (non-hydrogen) atoms. The number of rotatable bonds is 9. The van der Waals surface area contributed by atoms with E-state index in [1.165, 1.54) is 0 Å². The molecule has 0 aliphatic heterocycles. The minimum atomic E-state index is -5.72. The van der Waals surface area contributed by atoms with Crippen LogP contribution in [0.4, 0.5) is 30.7 Å². The van der Waals surface area contributed by atoms with Crippen LogP contribution in [0.5, 0.6) is 0 Å². The van der Waals surface area contributed by atoms with Crippen LogP contribution in [-0.2, 0) is 25.7 Å². The summed E-state index contributed by atoms with van der Waals surface area (Å²) < 4.78 is 113. The SMILES string of the molecule is CCOP(=O)(Cc1ccc(C(F)(F)C(F)(F)C(F)=C(F)F)cc1)OCC. The summed E-state index contributed by atoms with van der Waals surface area (Å²) in [5.74, 6) is -14.4. The van der Waals surface area contributed by atoms with Gasteiger partial charge >= 0.3 is 25.5 Å². The summed E-state index contributed by atoms with van der Waals surface area (Å²) in [4.78, 5) is 0. The van der Waals surface area contributed by atoms with Gasteiger partial charge in [0.2, 0.25) is 5.83 Å². The number of hydrogen-bond donors (Lipinski definition) is 0. The van der Waals surface area contributed by atoms with Crippen LogP contribution in [-0.4, -0.2) is 19.1 Å². The Bertz CT molecular complexity index is 675. The molecule has 1 aromatic rings. The second-order valence-corrected chi connectivity index (χ2v) is 7.08. The van der Waals surface area contributed by atoms with Crippen LogP contribution in [0.2, 0.25) is 0 Å². The Hall–Kier alpha value is -1.38. The highest BCUT2D eigenvalue weighted by atomic mass is 31.2. The van der Waals surface area contributed by atoms with Crippen LogP contribution in [0.1, 0.15) is 25.0 Å². The fraction of sp³-hybridized carbons (Fsp3) is 0.467. The predicted molar refractivity (Wildman–Crippen MR) is 80.2 cm³/mol. The number of alkyl halides is 4. The summed E-state index contributed by atoms with van der Waals surface area (Å²) in [6.45, 7) is 3.23. The van der Waals surface area contributed by atoms with Crippen molar-refractivity contribution in [3.63, 3.8) is 0 Å². The molecule has 0 atom stereocenters. The maximum Gasteiger partial charge on any atom is 0.370 e. The molecule has 0 aliphatic carbocycles. The Morgan fingerprint density at radius 2 is 1.42 bits per heavy atom. The molecule has 0 unspecified atom stereocenters. The van der Waals surface area contributed by atoms with Crippen molar-refractivity contribution >= 4 is 7.60 Å². The van der Waals surface area contributed by atoms with Crippen molar-refractivity contribution in [3.05, 3.63) is 47.3 Å². The van der Waals surface area contributed by atoms with Crippen LogP contribution in [0.15, 0.2) is 36.2 Å². The number of hydrogen-bond acceptors (Lipinski definition) is 3. The normalized spacial score (nSPS) is 13.0. The quantitative estimate of drug-likeness (QED) is 0.358. The summed E-state index contributed by atoms with van der Waals surface area (Å²) in [5.41, 5.74) is -1.23. The van der Waals surface area contributed by atoms with Gasteiger partial charge < -0.3 is 9.05 Å². The van der Waals surface area contributed by atoms with Crippen molar-refractivity contribution in [2.75, 3.05) is 13.2 Å². The first-order chi connectivity index (χ1) is 11.9. The van der Waals surface area contributed by atoms with E-state index in [-0.39, 0.29) is 24.9 Å². The first-order valence-electron chi connectivity index (χ1n) is 7.35. The average Bonchev–Trinajstić information content (AvgIpc) is 2.54. The van der Waals surface area contributed by atoms with Gasteiger partial charge in [-0.15, -0.1) is 0 Å². The lowest BCUT2D eigenvalue weighted by Crippen LogP contribution is -2.39. The summed E-state index contributed by atoms with van der Waals surface area (Å²) >= 11 is 0. The van der Waals surface area contributed by atoms with E-state index < -0.39 is 36.9 Å². The smallest absolute Gasteiger partial charge is 0.309 e. The second kappa shape index (κ2) is 8.54. The van der Waals surface area contributed by atoms with Gasteiger partial charge in [-0.3, -0.25) is 4.57 Å². The Morgan fingerprint density at radius 3 is 1.81 bits per heavy atom. The molecular formula is C15H16F7O3P. The monoisotopic (exact) mass is 408 g/mol. The lowest BCUT2D eigenvalue weighted by atomic mass is 10.0. The molecule has 0 aromatic heterocycles. The highest BCUT2D eigenvalue weighted by molar-refractivity contribution is 7.53. The number of benzene rings is 1. The van der Waals surface area contributed by atoms with E-state index in [9.17, 15) is 35.3 Å². The zero-order valence-electron chi connectivity index (χ0n) is 13.7. The van der Waals surface area contributed by atoms with Crippen LogP contribution in [0, 0.1) is 0 Å². The van der Waals surface area contributed by atoms with E-state index >= 15 is 0 Å².